The van der Waals surface area contributed by atoms with Crippen molar-refractivity contribution in [2.24, 2.45) is 0 Å². The van der Waals surface area contributed by atoms with Crippen LogP contribution < -0.4 is 0 Å². The zero-order valence-electron chi connectivity index (χ0n) is 29.1. The van der Waals surface area contributed by atoms with E-state index in [0.29, 0.717) is 0 Å². The lowest BCUT2D eigenvalue weighted by Crippen LogP contribution is -2.82. The van der Waals surface area contributed by atoms with Crippen LogP contribution in [0.25, 0.3) is 0 Å². The second-order valence-electron chi connectivity index (χ2n) is 17.0. The molecule has 0 aromatic carbocycles. The largest absolute Gasteiger partial charge is 0.415 e. The molecule has 0 amide bonds. The molecule has 244 valence electrons. The van der Waals surface area contributed by atoms with Crippen molar-refractivity contribution >= 4 is 45.1 Å². The van der Waals surface area contributed by atoms with Gasteiger partial charge in [0.1, 0.15) is 0 Å². The fraction of sp³-hybridized carbons (Fsp3) is 1.00. The minimum atomic E-state index is -4.06. The summed E-state index contributed by atoms with van der Waals surface area (Å²) in [7, 11) is -10.1. The third-order valence-electron chi connectivity index (χ3n) is 11.7. The fourth-order valence-electron chi connectivity index (χ4n) is 8.14. The van der Waals surface area contributed by atoms with E-state index in [4.69, 9.17) is 18.3 Å². The standard InChI is InChI=1S/C16H36O3Si3.C12H27F3OSi3/c1-9-15(18-14-11-10-12-17-14)22(8)19-16(2,3)13-20(4,5)21(22,6)7;1-11(2)10-17(3,4)18(5,6)19(7,16-11)9-8-12(13,14)15/h14-15H,9-13H2,1-8H3;8-10H2,1-7H3. The zero-order chi connectivity index (χ0) is 32.1. The Hall–Kier alpha value is 0.931. The lowest BCUT2D eigenvalue weighted by atomic mass is 10.2. The van der Waals surface area contributed by atoms with Gasteiger partial charge in [-0.25, -0.2) is 0 Å². The minimum absolute atomic E-state index is 0.0116. The van der Waals surface area contributed by atoms with Gasteiger partial charge in [0.25, 0.3) is 0 Å². The SMILES string of the molecule is CC1(C)C[Si](C)(C)[Si](C)(C)[Si](C)(CCC(F)(F)F)O1.CCC(OC1CCCO1)[Si]1(C)OC(C)(C)C[Si](C)(C)[Si]1(C)C. The van der Waals surface area contributed by atoms with Gasteiger partial charge in [-0.3, -0.25) is 0 Å². The first kappa shape index (κ1) is 38.1. The topological polar surface area (TPSA) is 36.9 Å². The van der Waals surface area contributed by atoms with Crippen LogP contribution in [0.15, 0.2) is 0 Å². The van der Waals surface area contributed by atoms with E-state index in [-0.39, 0.29) is 29.3 Å². The van der Waals surface area contributed by atoms with Crippen molar-refractivity contribution in [1.82, 2.24) is 0 Å². The molecular formula is C28H63F3O4Si6. The Morgan fingerprint density at radius 2 is 1.29 bits per heavy atom. The van der Waals surface area contributed by atoms with Crippen LogP contribution in [-0.2, 0) is 18.3 Å². The first-order valence-electron chi connectivity index (χ1n) is 15.8. The molecular weight excluding hydrogens is 626 g/mol. The van der Waals surface area contributed by atoms with Crippen LogP contribution in [0.5, 0.6) is 0 Å². The maximum atomic E-state index is 12.6. The lowest BCUT2D eigenvalue weighted by Gasteiger charge is -2.60. The van der Waals surface area contributed by atoms with Crippen molar-refractivity contribution in [2.45, 2.75) is 173 Å². The molecule has 3 saturated heterocycles. The zero-order valence-corrected chi connectivity index (χ0v) is 35.1. The third-order valence-corrected chi connectivity index (χ3v) is 92.5. The Kier molecular flexibility index (Phi) is 11.4. The van der Waals surface area contributed by atoms with Crippen LogP contribution in [0.1, 0.15) is 60.3 Å². The molecule has 3 fully saturated rings. The van der Waals surface area contributed by atoms with E-state index in [1.807, 2.05) is 0 Å². The van der Waals surface area contributed by atoms with Crippen LogP contribution in [0, 0.1) is 0 Å². The number of alkyl halides is 3. The Bertz CT molecular complexity index is 906. The predicted octanol–water partition coefficient (Wildman–Crippen LogP) is 9.31. The summed E-state index contributed by atoms with van der Waals surface area (Å²) in [5.74, 6) is 0. The number of hydrogen-bond donors (Lipinski definition) is 0. The van der Waals surface area contributed by atoms with Gasteiger partial charge in [0, 0.05) is 45.8 Å². The number of rotatable bonds is 6. The smallest absolute Gasteiger partial charge is 0.388 e. The third kappa shape index (κ3) is 8.21. The normalized spacial score (nSPS) is 35.7. The molecule has 3 aliphatic heterocycles. The fourth-order valence-corrected chi connectivity index (χ4v) is 75.4. The van der Waals surface area contributed by atoms with Crippen molar-refractivity contribution in [1.29, 1.82) is 0 Å². The number of halogens is 3. The minimum Gasteiger partial charge on any atom is -0.415 e. The molecule has 4 unspecified atom stereocenters. The summed E-state index contributed by atoms with van der Waals surface area (Å²) in [6, 6.07) is 2.61. The Balaban J connectivity index is 0.000000290. The molecule has 4 nitrogen and oxygen atoms in total. The first-order valence-corrected chi connectivity index (χ1v) is 37.3. The second-order valence-corrected chi connectivity index (χ2v) is 70.3. The van der Waals surface area contributed by atoms with E-state index < -0.39 is 57.7 Å². The lowest BCUT2D eigenvalue weighted by molar-refractivity contribution is -0.131. The van der Waals surface area contributed by atoms with Crippen LogP contribution >= 0.6 is 0 Å². The average Bonchev–Trinajstić information content (AvgIpc) is 3.25. The molecule has 3 heterocycles. The second kappa shape index (κ2) is 12.3. The molecule has 0 N–H and O–H groups in total. The van der Waals surface area contributed by atoms with E-state index in [1.54, 1.807) is 0 Å². The van der Waals surface area contributed by atoms with Crippen LogP contribution in [0.2, 0.25) is 83.6 Å². The maximum Gasteiger partial charge on any atom is 0.388 e. The monoisotopic (exact) mass is 688 g/mol. The molecule has 0 aromatic heterocycles. The molecule has 4 atom stereocenters. The van der Waals surface area contributed by atoms with E-state index in [9.17, 15) is 13.2 Å². The highest BCUT2D eigenvalue weighted by molar-refractivity contribution is 7.68. The van der Waals surface area contributed by atoms with Gasteiger partial charge in [0.2, 0.25) is 7.83 Å². The molecule has 41 heavy (non-hydrogen) atoms. The Morgan fingerprint density at radius 1 is 0.805 bits per heavy atom. The van der Waals surface area contributed by atoms with Gasteiger partial charge in [0.05, 0.1) is 19.9 Å². The molecule has 0 spiro atoms. The van der Waals surface area contributed by atoms with E-state index in [2.05, 4.69) is 100 Å². The molecule has 0 radical (unpaired) electrons. The van der Waals surface area contributed by atoms with Gasteiger partial charge in [0.15, 0.2) is 14.1 Å². The summed E-state index contributed by atoms with van der Waals surface area (Å²) in [6.45, 7) is 36.1. The maximum absolute atomic E-state index is 12.6. The number of ether oxygens (including phenoxy) is 2. The molecule has 0 saturated carbocycles. The van der Waals surface area contributed by atoms with Crippen molar-refractivity contribution in [2.75, 3.05) is 6.61 Å². The summed E-state index contributed by atoms with van der Waals surface area (Å²) < 4.78 is 63.4. The highest BCUT2D eigenvalue weighted by atomic mass is 29.7. The summed E-state index contributed by atoms with van der Waals surface area (Å²) in [6.07, 6.45) is -1.49. The summed E-state index contributed by atoms with van der Waals surface area (Å²) >= 11 is 0. The highest BCUT2D eigenvalue weighted by Gasteiger charge is 2.66. The predicted molar refractivity (Wildman–Crippen MR) is 183 cm³/mol. The Labute approximate surface area is 255 Å². The molecule has 0 aliphatic carbocycles. The summed E-state index contributed by atoms with van der Waals surface area (Å²) in [5, 5.41) is 0. The summed E-state index contributed by atoms with van der Waals surface area (Å²) in [4.78, 5) is 0. The molecule has 0 bridgehead atoms. The van der Waals surface area contributed by atoms with Gasteiger partial charge in [-0.05, 0) is 71.8 Å². The van der Waals surface area contributed by atoms with Gasteiger partial charge in [-0.15, -0.1) is 0 Å². The molecule has 3 rings (SSSR count). The Morgan fingerprint density at radius 3 is 1.73 bits per heavy atom. The van der Waals surface area contributed by atoms with Gasteiger partial charge < -0.3 is 18.3 Å². The first-order chi connectivity index (χ1) is 18.1. The van der Waals surface area contributed by atoms with Crippen molar-refractivity contribution < 1.29 is 31.5 Å². The van der Waals surface area contributed by atoms with Crippen molar-refractivity contribution in [3.05, 3.63) is 0 Å². The van der Waals surface area contributed by atoms with Gasteiger partial charge in [-0.1, -0.05) is 59.3 Å². The van der Waals surface area contributed by atoms with Crippen LogP contribution in [0.4, 0.5) is 13.2 Å². The van der Waals surface area contributed by atoms with Crippen LogP contribution in [-0.4, -0.2) is 81.1 Å². The summed E-state index contributed by atoms with van der Waals surface area (Å²) in [5.41, 5.74) is 0.0702. The van der Waals surface area contributed by atoms with Crippen molar-refractivity contribution in [3.63, 3.8) is 0 Å². The van der Waals surface area contributed by atoms with Crippen LogP contribution in [0.3, 0.4) is 0 Å². The average molecular weight is 689 g/mol. The molecule has 3 aliphatic rings. The quantitative estimate of drug-likeness (QED) is 0.261. The molecule has 13 heteroatoms. The number of hydrogen-bond acceptors (Lipinski definition) is 4. The van der Waals surface area contributed by atoms with Crippen molar-refractivity contribution in [3.8, 4) is 0 Å². The van der Waals surface area contributed by atoms with E-state index >= 15 is 0 Å². The van der Waals surface area contributed by atoms with E-state index in [0.717, 1.165) is 31.9 Å². The highest BCUT2D eigenvalue weighted by Crippen LogP contribution is 2.48. The van der Waals surface area contributed by atoms with Gasteiger partial charge in [-0.2, -0.15) is 13.2 Å². The van der Waals surface area contributed by atoms with Gasteiger partial charge >= 0.3 is 6.18 Å². The molecule has 0 aromatic rings. The van der Waals surface area contributed by atoms with E-state index in [1.165, 1.54) is 6.04 Å².